The van der Waals surface area contributed by atoms with E-state index in [1.165, 1.54) is 0 Å². The molecule has 25 heavy (non-hydrogen) atoms. The Balaban J connectivity index is 1.60. The van der Waals surface area contributed by atoms with Crippen molar-refractivity contribution in [3.63, 3.8) is 0 Å². The first kappa shape index (κ1) is 15.3. The molecule has 0 saturated carbocycles. The number of carbonyl (C=O) groups is 1. The van der Waals surface area contributed by atoms with E-state index >= 15 is 0 Å². The zero-order valence-electron chi connectivity index (χ0n) is 13.8. The monoisotopic (exact) mass is 333 g/mol. The Bertz CT molecular complexity index is 903. The van der Waals surface area contributed by atoms with Crippen LogP contribution < -0.4 is 16.0 Å². The van der Waals surface area contributed by atoms with Gasteiger partial charge in [0.15, 0.2) is 0 Å². The van der Waals surface area contributed by atoms with Crippen LogP contribution in [0.2, 0.25) is 0 Å². The van der Waals surface area contributed by atoms with E-state index in [4.69, 9.17) is 0 Å². The molecule has 126 valence electrons. The molecule has 4 N–H and O–H groups in total. The molecule has 6 heteroatoms. The Morgan fingerprint density at radius 1 is 1.16 bits per heavy atom. The van der Waals surface area contributed by atoms with Crippen molar-refractivity contribution < 1.29 is 4.79 Å². The van der Waals surface area contributed by atoms with Crippen LogP contribution >= 0.6 is 0 Å². The number of amides is 1. The Labute approximate surface area is 145 Å². The van der Waals surface area contributed by atoms with E-state index in [-0.39, 0.29) is 5.91 Å². The van der Waals surface area contributed by atoms with Gasteiger partial charge in [0.25, 0.3) is 5.91 Å². The van der Waals surface area contributed by atoms with Crippen molar-refractivity contribution in [3.05, 3.63) is 60.3 Å². The molecule has 4 rings (SSSR count). The molecule has 0 radical (unpaired) electrons. The zero-order valence-corrected chi connectivity index (χ0v) is 13.8. The second kappa shape index (κ2) is 6.32. The summed E-state index contributed by atoms with van der Waals surface area (Å²) in [5.74, 6) is 1.32. The summed E-state index contributed by atoms with van der Waals surface area (Å²) < 4.78 is 0. The number of fused-ring (bicyclic) bond motifs is 1. The summed E-state index contributed by atoms with van der Waals surface area (Å²) in [6.07, 6.45) is 1.92. The summed E-state index contributed by atoms with van der Waals surface area (Å²) in [5.41, 5.74) is 3.39. The minimum atomic E-state index is -0.172. The number of nitrogens with zero attached hydrogens (tertiary/aromatic N) is 1. The molecule has 0 fully saturated rings. The lowest BCUT2D eigenvalue weighted by Crippen LogP contribution is -2.29. The molecule has 0 aliphatic carbocycles. The number of rotatable bonds is 3. The molecule has 1 aliphatic heterocycles. The minimum Gasteiger partial charge on any atom is -0.377 e. The smallest absolute Gasteiger partial charge is 0.256 e. The largest absolute Gasteiger partial charge is 0.377 e. The highest BCUT2D eigenvalue weighted by Gasteiger charge is 2.20. The number of aromatic nitrogens is 2. The van der Waals surface area contributed by atoms with Gasteiger partial charge >= 0.3 is 0 Å². The first-order valence-electron chi connectivity index (χ1n) is 8.26. The number of aromatic amines is 1. The van der Waals surface area contributed by atoms with Crippen LogP contribution in [0.25, 0.3) is 11.3 Å². The van der Waals surface area contributed by atoms with E-state index in [0.29, 0.717) is 17.4 Å². The van der Waals surface area contributed by atoms with Crippen LogP contribution in [0.15, 0.2) is 54.7 Å². The van der Waals surface area contributed by atoms with Crippen LogP contribution in [0.3, 0.4) is 0 Å². The third kappa shape index (κ3) is 3.06. The number of pyridine rings is 1. The van der Waals surface area contributed by atoms with Crippen molar-refractivity contribution in [2.24, 2.45) is 0 Å². The Morgan fingerprint density at radius 3 is 2.84 bits per heavy atom. The van der Waals surface area contributed by atoms with Crippen molar-refractivity contribution >= 4 is 23.2 Å². The molecule has 1 unspecified atom stereocenters. The quantitative estimate of drug-likeness (QED) is 0.591. The van der Waals surface area contributed by atoms with E-state index < -0.39 is 0 Å². The third-order valence-electron chi connectivity index (χ3n) is 4.16. The molecule has 0 spiro atoms. The van der Waals surface area contributed by atoms with Gasteiger partial charge in [-0.2, -0.15) is 0 Å². The molecule has 1 aromatic carbocycles. The van der Waals surface area contributed by atoms with Crippen LogP contribution in [-0.4, -0.2) is 28.5 Å². The Morgan fingerprint density at radius 2 is 2.00 bits per heavy atom. The molecule has 3 heterocycles. The van der Waals surface area contributed by atoms with Gasteiger partial charge < -0.3 is 20.9 Å². The summed E-state index contributed by atoms with van der Waals surface area (Å²) in [7, 11) is 0. The number of hydrogen-bond acceptors (Lipinski definition) is 4. The minimum absolute atomic E-state index is 0.172. The van der Waals surface area contributed by atoms with Gasteiger partial charge in [-0.3, -0.25) is 4.79 Å². The summed E-state index contributed by atoms with van der Waals surface area (Å²) >= 11 is 0. The Kier molecular flexibility index (Phi) is 3.85. The molecule has 1 atom stereocenters. The number of benzene rings is 1. The highest BCUT2D eigenvalue weighted by molar-refractivity contribution is 6.03. The molecule has 0 bridgehead atoms. The molecule has 2 aromatic heterocycles. The average molecular weight is 333 g/mol. The van der Waals surface area contributed by atoms with Gasteiger partial charge in [-0.15, -0.1) is 0 Å². The number of carbonyl (C=O) groups excluding carboxylic acids is 1. The van der Waals surface area contributed by atoms with Crippen LogP contribution in [0.4, 0.5) is 17.3 Å². The molecule has 1 amide bonds. The Hall–Kier alpha value is -3.28. The number of anilines is 3. The summed E-state index contributed by atoms with van der Waals surface area (Å²) in [4.78, 5) is 20.1. The van der Waals surface area contributed by atoms with Gasteiger partial charge in [0, 0.05) is 29.9 Å². The molecule has 0 saturated heterocycles. The van der Waals surface area contributed by atoms with Crippen LogP contribution in [-0.2, 0) is 0 Å². The predicted molar refractivity (Wildman–Crippen MR) is 100.0 cm³/mol. The standard InChI is InChI=1S/C19H19N5O/c1-12-10-20-18-17(22-12)14(11-21-18)15-8-5-9-16(23-15)24-19(25)13-6-3-2-4-7-13/h2-9,11-12,20-22H,10H2,1H3,(H,23,24,25). The molecule has 6 nitrogen and oxygen atoms in total. The highest BCUT2D eigenvalue weighted by Crippen LogP contribution is 2.36. The van der Waals surface area contributed by atoms with Gasteiger partial charge in [0.2, 0.25) is 0 Å². The van der Waals surface area contributed by atoms with Crippen molar-refractivity contribution in [1.29, 1.82) is 0 Å². The van der Waals surface area contributed by atoms with Gasteiger partial charge in [0.05, 0.1) is 11.4 Å². The lowest BCUT2D eigenvalue weighted by molar-refractivity contribution is 0.102. The summed E-state index contributed by atoms with van der Waals surface area (Å²) in [6.45, 7) is 2.99. The molecule has 3 aromatic rings. The summed E-state index contributed by atoms with van der Waals surface area (Å²) in [6, 6.07) is 15.1. The number of hydrogen-bond donors (Lipinski definition) is 4. The normalized spacial score (nSPS) is 15.6. The van der Waals surface area contributed by atoms with Crippen molar-refractivity contribution in [2.45, 2.75) is 13.0 Å². The first-order valence-corrected chi connectivity index (χ1v) is 8.26. The molecular weight excluding hydrogens is 314 g/mol. The fourth-order valence-electron chi connectivity index (χ4n) is 2.90. The zero-order chi connectivity index (χ0) is 17.2. The predicted octanol–water partition coefficient (Wildman–Crippen LogP) is 3.55. The SMILES string of the molecule is CC1CNc2[nH]cc(-c3cccc(NC(=O)c4ccccc4)n3)c2N1. The maximum absolute atomic E-state index is 12.3. The van der Waals surface area contributed by atoms with E-state index in [1.807, 2.05) is 36.5 Å². The molecular formula is C19H19N5O. The fourth-order valence-corrected chi connectivity index (χ4v) is 2.90. The van der Waals surface area contributed by atoms with E-state index in [2.05, 4.69) is 32.8 Å². The van der Waals surface area contributed by atoms with E-state index in [9.17, 15) is 4.79 Å². The van der Waals surface area contributed by atoms with Gasteiger partial charge in [-0.05, 0) is 31.2 Å². The second-order valence-corrected chi connectivity index (χ2v) is 6.11. The lowest BCUT2D eigenvalue weighted by atomic mass is 10.1. The van der Waals surface area contributed by atoms with Gasteiger partial charge in [-0.25, -0.2) is 4.98 Å². The topological polar surface area (TPSA) is 81.8 Å². The first-order chi connectivity index (χ1) is 12.2. The second-order valence-electron chi connectivity index (χ2n) is 6.11. The van der Waals surface area contributed by atoms with E-state index in [1.54, 1.807) is 18.2 Å². The van der Waals surface area contributed by atoms with Gasteiger partial charge in [0.1, 0.15) is 11.6 Å². The van der Waals surface area contributed by atoms with E-state index in [0.717, 1.165) is 29.3 Å². The number of H-pyrrole nitrogens is 1. The molecule has 1 aliphatic rings. The fraction of sp³-hybridized carbons (Fsp3) is 0.158. The number of nitrogens with one attached hydrogen (secondary N) is 4. The highest BCUT2D eigenvalue weighted by atomic mass is 16.1. The van der Waals surface area contributed by atoms with Gasteiger partial charge in [-0.1, -0.05) is 24.3 Å². The maximum Gasteiger partial charge on any atom is 0.256 e. The third-order valence-corrected chi connectivity index (χ3v) is 4.16. The van der Waals surface area contributed by atoms with Crippen LogP contribution in [0.5, 0.6) is 0 Å². The lowest BCUT2D eigenvalue weighted by Gasteiger charge is -2.23. The summed E-state index contributed by atoms with van der Waals surface area (Å²) in [5, 5.41) is 9.68. The maximum atomic E-state index is 12.3. The average Bonchev–Trinajstić information content (AvgIpc) is 3.05. The van der Waals surface area contributed by atoms with Crippen molar-refractivity contribution in [1.82, 2.24) is 9.97 Å². The van der Waals surface area contributed by atoms with Crippen LogP contribution in [0.1, 0.15) is 17.3 Å². The van der Waals surface area contributed by atoms with Crippen molar-refractivity contribution in [3.8, 4) is 11.3 Å². The van der Waals surface area contributed by atoms with Crippen LogP contribution in [0, 0.1) is 0 Å². The van der Waals surface area contributed by atoms with Crippen molar-refractivity contribution in [2.75, 3.05) is 22.5 Å².